The Kier molecular flexibility index (Phi) is 7.58. The van der Waals surface area contributed by atoms with E-state index >= 15 is 0 Å². The van der Waals surface area contributed by atoms with Crippen molar-refractivity contribution < 1.29 is 4.79 Å². The maximum atomic E-state index is 12.3. The molecule has 2 rings (SSSR count). The Hall–Kier alpha value is -1.22. The average Bonchev–Trinajstić information content (AvgIpc) is 2.59. The zero-order chi connectivity index (χ0) is 15.6. The van der Waals surface area contributed by atoms with Crippen molar-refractivity contribution in [1.82, 2.24) is 5.32 Å². The van der Waals surface area contributed by atoms with E-state index in [0.717, 1.165) is 23.1 Å². The van der Waals surface area contributed by atoms with Gasteiger partial charge in [0.25, 0.3) is 0 Å². The molecule has 0 bridgehead atoms. The van der Waals surface area contributed by atoms with Crippen molar-refractivity contribution in [3.63, 3.8) is 0 Å². The van der Waals surface area contributed by atoms with Crippen LogP contribution in [0.1, 0.15) is 16.8 Å². The predicted molar refractivity (Wildman–Crippen MR) is 97.3 cm³/mol. The normalized spacial score (nSPS) is 11.9. The number of carbonyl (C=O) groups excluding carboxylic acids is 1. The molecular formula is C18H21NOSSe. The molecule has 0 fully saturated rings. The molecule has 0 unspecified atom stereocenters. The number of thioether (sulfide) groups is 1. The van der Waals surface area contributed by atoms with Gasteiger partial charge in [-0.2, -0.15) is 0 Å². The zero-order valence-corrected chi connectivity index (χ0v) is 15.2. The second-order valence-electron chi connectivity index (χ2n) is 4.94. The van der Waals surface area contributed by atoms with E-state index in [1.165, 1.54) is 4.46 Å². The van der Waals surface area contributed by atoms with E-state index in [9.17, 15) is 4.79 Å². The Bertz CT molecular complexity index is 562. The van der Waals surface area contributed by atoms with E-state index in [4.69, 9.17) is 0 Å². The molecule has 22 heavy (non-hydrogen) atoms. The maximum absolute atomic E-state index is 12.3. The van der Waals surface area contributed by atoms with Crippen molar-refractivity contribution in [2.24, 2.45) is 0 Å². The van der Waals surface area contributed by atoms with Crippen molar-refractivity contribution in [3.05, 3.63) is 66.2 Å². The molecule has 0 heterocycles. The van der Waals surface area contributed by atoms with Gasteiger partial charge in [0.1, 0.15) is 0 Å². The van der Waals surface area contributed by atoms with Crippen LogP contribution in [-0.2, 0) is 0 Å². The number of benzene rings is 2. The zero-order valence-electron chi connectivity index (χ0n) is 12.7. The topological polar surface area (TPSA) is 29.1 Å². The van der Waals surface area contributed by atoms with Gasteiger partial charge in [0, 0.05) is 0 Å². The summed E-state index contributed by atoms with van der Waals surface area (Å²) in [5, 5.41) is 4.24. The van der Waals surface area contributed by atoms with Crippen LogP contribution in [0.3, 0.4) is 0 Å². The Morgan fingerprint density at radius 2 is 1.73 bits per heavy atom. The third-order valence-electron chi connectivity index (χ3n) is 3.24. The summed E-state index contributed by atoms with van der Waals surface area (Å²) in [5.74, 6) is 1.11. The van der Waals surface area contributed by atoms with Crippen LogP contribution in [-0.4, -0.2) is 38.9 Å². The summed E-state index contributed by atoms with van der Waals surface area (Å²) >= 11 is 2.23. The standard InChI is InChI=1S/C18H21NOSSe/c1-21-13-12-16(14-22-17-10-6-3-7-11-17)19-18(20)15-8-4-2-5-9-15/h2-11,16H,12-14H2,1H3,(H,19,20)/t16-/m0/s1. The van der Waals surface area contributed by atoms with Gasteiger partial charge in [0.05, 0.1) is 0 Å². The van der Waals surface area contributed by atoms with Gasteiger partial charge in [-0.25, -0.2) is 0 Å². The first kappa shape index (κ1) is 17.1. The molecule has 1 amide bonds. The Morgan fingerprint density at radius 1 is 1.09 bits per heavy atom. The van der Waals surface area contributed by atoms with Crippen LogP contribution < -0.4 is 9.78 Å². The van der Waals surface area contributed by atoms with Crippen LogP contribution in [0.15, 0.2) is 60.7 Å². The van der Waals surface area contributed by atoms with Crippen molar-refractivity contribution in [3.8, 4) is 0 Å². The van der Waals surface area contributed by atoms with Gasteiger partial charge in [0.2, 0.25) is 0 Å². The summed E-state index contributed by atoms with van der Waals surface area (Å²) < 4.78 is 1.39. The summed E-state index contributed by atoms with van der Waals surface area (Å²) in [6.07, 6.45) is 3.13. The van der Waals surface area contributed by atoms with Crippen LogP contribution in [0.2, 0.25) is 5.32 Å². The van der Waals surface area contributed by atoms with Crippen LogP contribution >= 0.6 is 11.8 Å². The minimum absolute atomic E-state index is 0.0376. The number of rotatable bonds is 8. The Morgan fingerprint density at radius 3 is 2.36 bits per heavy atom. The van der Waals surface area contributed by atoms with Gasteiger partial charge in [0.15, 0.2) is 0 Å². The van der Waals surface area contributed by atoms with Gasteiger partial charge in [-0.3, -0.25) is 0 Å². The molecule has 0 spiro atoms. The van der Waals surface area contributed by atoms with Crippen molar-refractivity contribution in [2.45, 2.75) is 17.8 Å². The third kappa shape index (κ3) is 5.88. The minimum atomic E-state index is 0.0376. The molecule has 0 saturated carbocycles. The van der Waals surface area contributed by atoms with Crippen LogP contribution in [0.5, 0.6) is 0 Å². The molecule has 2 nitrogen and oxygen atoms in total. The molecular weight excluding hydrogens is 357 g/mol. The first-order valence-corrected chi connectivity index (χ1v) is 10.8. The van der Waals surface area contributed by atoms with Crippen LogP contribution in [0.25, 0.3) is 0 Å². The fourth-order valence-electron chi connectivity index (χ4n) is 2.03. The number of carbonyl (C=O) groups is 1. The number of amides is 1. The van der Waals surface area contributed by atoms with Gasteiger partial charge in [-0.15, -0.1) is 0 Å². The van der Waals surface area contributed by atoms with Crippen molar-refractivity contribution in [1.29, 1.82) is 0 Å². The molecule has 1 atom stereocenters. The molecule has 0 saturated heterocycles. The summed E-state index contributed by atoms with van der Waals surface area (Å²) in [5.41, 5.74) is 0.740. The first-order chi connectivity index (χ1) is 10.8. The fraction of sp³-hybridized carbons (Fsp3) is 0.278. The van der Waals surface area contributed by atoms with E-state index in [2.05, 4.69) is 35.8 Å². The number of hydrogen-bond donors (Lipinski definition) is 1. The van der Waals surface area contributed by atoms with E-state index in [1.807, 2.05) is 48.2 Å². The van der Waals surface area contributed by atoms with Crippen LogP contribution in [0, 0.1) is 0 Å². The third-order valence-corrected chi connectivity index (χ3v) is 6.34. The molecule has 1 N–H and O–H groups in total. The van der Waals surface area contributed by atoms with Gasteiger partial charge >= 0.3 is 143 Å². The number of nitrogens with one attached hydrogen (secondary N) is 1. The summed E-state index contributed by atoms with van der Waals surface area (Å²) in [4.78, 5) is 12.3. The van der Waals surface area contributed by atoms with E-state index in [1.54, 1.807) is 0 Å². The second kappa shape index (κ2) is 9.73. The Labute approximate surface area is 143 Å². The van der Waals surface area contributed by atoms with Gasteiger partial charge < -0.3 is 0 Å². The van der Waals surface area contributed by atoms with E-state index < -0.39 is 0 Å². The number of hydrogen-bond acceptors (Lipinski definition) is 2. The summed E-state index contributed by atoms with van der Waals surface area (Å²) in [6.45, 7) is 0. The predicted octanol–water partition coefficient (Wildman–Crippen LogP) is 2.99. The molecule has 0 aliphatic heterocycles. The average molecular weight is 378 g/mol. The van der Waals surface area contributed by atoms with E-state index in [-0.39, 0.29) is 11.9 Å². The summed E-state index contributed by atoms with van der Waals surface area (Å²) in [7, 11) is 0. The van der Waals surface area contributed by atoms with Crippen molar-refractivity contribution >= 4 is 37.1 Å². The van der Waals surface area contributed by atoms with E-state index in [0.29, 0.717) is 15.0 Å². The van der Waals surface area contributed by atoms with Crippen molar-refractivity contribution in [2.75, 3.05) is 12.0 Å². The molecule has 116 valence electrons. The van der Waals surface area contributed by atoms with Crippen LogP contribution in [0.4, 0.5) is 0 Å². The second-order valence-corrected chi connectivity index (χ2v) is 8.22. The first-order valence-electron chi connectivity index (χ1n) is 7.32. The quantitative estimate of drug-likeness (QED) is 0.716. The summed E-state index contributed by atoms with van der Waals surface area (Å²) in [6, 6.07) is 20.3. The Balaban J connectivity index is 1.92. The SMILES string of the molecule is CSCC[C@@H](C[Se]c1ccccc1)NC(=O)c1ccccc1. The molecule has 2 aromatic carbocycles. The van der Waals surface area contributed by atoms with Gasteiger partial charge in [-0.05, 0) is 0 Å². The molecule has 4 heteroatoms. The molecule has 0 aromatic heterocycles. The van der Waals surface area contributed by atoms with Gasteiger partial charge in [-0.1, -0.05) is 0 Å². The fourth-order valence-corrected chi connectivity index (χ4v) is 4.63. The molecule has 2 aromatic rings. The molecule has 0 aliphatic carbocycles. The monoisotopic (exact) mass is 379 g/mol. The molecule has 0 aliphatic rings. The molecule has 0 radical (unpaired) electrons.